The van der Waals surface area contributed by atoms with Gasteiger partial charge in [0.05, 0.1) is 11.9 Å². The molecular weight excluding hydrogens is 450 g/mol. The van der Waals surface area contributed by atoms with Crippen LogP contribution in [0.4, 0.5) is 5.69 Å². The second kappa shape index (κ2) is 11.0. The van der Waals surface area contributed by atoms with Crippen LogP contribution >= 0.6 is 0 Å². The van der Waals surface area contributed by atoms with Crippen LogP contribution in [0.2, 0.25) is 0 Å². The molecule has 0 aliphatic heterocycles. The predicted octanol–water partition coefficient (Wildman–Crippen LogP) is 3.79. The summed E-state index contributed by atoms with van der Waals surface area (Å²) >= 11 is 0. The molecule has 0 fully saturated rings. The van der Waals surface area contributed by atoms with Crippen LogP contribution in [-0.4, -0.2) is 49.5 Å². The van der Waals surface area contributed by atoms with Crippen molar-refractivity contribution in [1.82, 2.24) is 10.2 Å². The molecule has 0 radical (unpaired) electrons. The number of benzene rings is 2. The van der Waals surface area contributed by atoms with E-state index in [2.05, 4.69) is 5.32 Å². The Bertz CT molecular complexity index is 1120. The number of carbonyl (C=O) groups excluding carboxylic acids is 2. The SMILES string of the molecule is CCC(C(=O)NC(C)(C)C)N(Cc1ccccc1C)C(=O)CN(c1cccc(C)c1)S(C)(=O)=O. The molecule has 0 bridgehead atoms. The zero-order valence-electron chi connectivity index (χ0n) is 21.3. The van der Waals surface area contributed by atoms with Crippen LogP contribution in [0.1, 0.15) is 50.8 Å². The van der Waals surface area contributed by atoms with Gasteiger partial charge in [0.1, 0.15) is 12.6 Å². The molecule has 34 heavy (non-hydrogen) atoms. The van der Waals surface area contributed by atoms with Crippen LogP contribution < -0.4 is 9.62 Å². The average molecular weight is 488 g/mol. The van der Waals surface area contributed by atoms with Gasteiger partial charge in [0.15, 0.2) is 0 Å². The molecule has 2 aromatic rings. The highest BCUT2D eigenvalue weighted by Crippen LogP contribution is 2.21. The quantitative estimate of drug-likeness (QED) is 0.583. The van der Waals surface area contributed by atoms with Crippen LogP contribution in [0.5, 0.6) is 0 Å². The Morgan fingerprint density at radius 1 is 1.03 bits per heavy atom. The third kappa shape index (κ3) is 7.58. The van der Waals surface area contributed by atoms with Crippen molar-refractivity contribution < 1.29 is 18.0 Å². The van der Waals surface area contributed by atoms with Crippen molar-refractivity contribution >= 4 is 27.5 Å². The van der Waals surface area contributed by atoms with E-state index in [0.29, 0.717) is 12.1 Å². The zero-order chi connectivity index (χ0) is 25.7. The number of nitrogens with zero attached hydrogens (tertiary/aromatic N) is 2. The summed E-state index contributed by atoms with van der Waals surface area (Å²) in [7, 11) is -3.74. The van der Waals surface area contributed by atoms with Crippen molar-refractivity contribution in [2.24, 2.45) is 0 Å². The minimum Gasteiger partial charge on any atom is -0.350 e. The van der Waals surface area contributed by atoms with Crippen LogP contribution in [0.25, 0.3) is 0 Å². The lowest BCUT2D eigenvalue weighted by Crippen LogP contribution is -2.55. The van der Waals surface area contributed by atoms with Gasteiger partial charge in [-0.1, -0.05) is 43.3 Å². The van der Waals surface area contributed by atoms with Crippen molar-refractivity contribution in [1.29, 1.82) is 0 Å². The maximum atomic E-state index is 13.7. The molecule has 0 aromatic heterocycles. The van der Waals surface area contributed by atoms with Gasteiger partial charge in [-0.05, 0) is 69.9 Å². The van der Waals surface area contributed by atoms with Gasteiger partial charge in [0.25, 0.3) is 0 Å². The van der Waals surface area contributed by atoms with Gasteiger partial charge in [-0.25, -0.2) is 8.42 Å². The number of nitrogens with one attached hydrogen (secondary N) is 1. The lowest BCUT2D eigenvalue weighted by atomic mass is 10.0. The Kier molecular flexibility index (Phi) is 8.89. The predicted molar refractivity (Wildman–Crippen MR) is 137 cm³/mol. The van der Waals surface area contributed by atoms with E-state index in [9.17, 15) is 18.0 Å². The molecule has 0 saturated heterocycles. The number of sulfonamides is 1. The number of anilines is 1. The maximum absolute atomic E-state index is 13.7. The van der Waals surface area contributed by atoms with Gasteiger partial charge < -0.3 is 10.2 Å². The highest BCUT2D eigenvalue weighted by atomic mass is 32.2. The van der Waals surface area contributed by atoms with Gasteiger partial charge in [-0.15, -0.1) is 0 Å². The van der Waals surface area contributed by atoms with E-state index in [1.807, 2.05) is 71.9 Å². The van der Waals surface area contributed by atoms with Crippen molar-refractivity contribution in [3.8, 4) is 0 Å². The summed E-state index contributed by atoms with van der Waals surface area (Å²) in [5.41, 5.74) is 2.72. The number of rotatable bonds is 9. The molecule has 0 aliphatic rings. The van der Waals surface area contributed by atoms with E-state index in [1.54, 1.807) is 18.2 Å². The largest absolute Gasteiger partial charge is 0.350 e. The smallest absolute Gasteiger partial charge is 0.244 e. The third-order valence-electron chi connectivity index (χ3n) is 5.45. The minimum atomic E-state index is -3.74. The lowest BCUT2D eigenvalue weighted by molar-refractivity contribution is -0.141. The van der Waals surface area contributed by atoms with Crippen LogP contribution in [0.15, 0.2) is 48.5 Å². The summed E-state index contributed by atoms with van der Waals surface area (Å²) in [5, 5.41) is 2.96. The standard InChI is InChI=1S/C26H37N3O4S/c1-8-23(25(31)27-26(4,5)6)28(17-21-14-10-9-13-20(21)3)24(30)18-29(34(7,32)33)22-15-11-12-19(2)16-22/h9-16,23H,8,17-18H2,1-7H3,(H,27,31). The van der Waals surface area contributed by atoms with Crippen molar-refractivity contribution in [3.05, 3.63) is 65.2 Å². The minimum absolute atomic E-state index is 0.201. The first-order valence-corrected chi connectivity index (χ1v) is 13.3. The molecule has 8 heteroatoms. The Hall–Kier alpha value is -2.87. The normalized spacial score (nSPS) is 12.7. The monoisotopic (exact) mass is 487 g/mol. The van der Waals surface area contributed by atoms with Crippen LogP contribution in [0, 0.1) is 13.8 Å². The molecule has 0 aliphatic carbocycles. The molecule has 0 saturated carbocycles. The second-order valence-corrected chi connectivity index (χ2v) is 11.6. The van der Waals surface area contributed by atoms with E-state index in [1.165, 1.54) is 4.90 Å². The molecular formula is C26H37N3O4S. The lowest BCUT2D eigenvalue weighted by Gasteiger charge is -2.34. The Morgan fingerprint density at radius 2 is 1.68 bits per heavy atom. The zero-order valence-corrected chi connectivity index (χ0v) is 22.1. The summed E-state index contributed by atoms with van der Waals surface area (Å²) in [6, 6.07) is 13.9. The van der Waals surface area contributed by atoms with E-state index in [-0.39, 0.29) is 12.5 Å². The second-order valence-electron chi connectivity index (χ2n) is 9.72. The van der Waals surface area contributed by atoms with Crippen LogP contribution in [-0.2, 0) is 26.2 Å². The molecule has 0 heterocycles. The molecule has 7 nitrogen and oxygen atoms in total. The number of hydrogen-bond donors (Lipinski definition) is 1. The first-order valence-electron chi connectivity index (χ1n) is 11.4. The van der Waals surface area contributed by atoms with Gasteiger partial charge in [-0.2, -0.15) is 0 Å². The Balaban J connectivity index is 2.48. The molecule has 0 spiro atoms. The topological polar surface area (TPSA) is 86.8 Å². The number of hydrogen-bond acceptors (Lipinski definition) is 4. The van der Waals surface area contributed by atoms with E-state index in [4.69, 9.17) is 0 Å². The molecule has 1 unspecified atom stereocenters. The van der Waals surface area contributed by atoms with E-state index in [0.717, 1.165) is 27.3 Å². The highest BCUT2D eigenvalue weighted by Gasteiger charge is 2.33. The summed E-state index contributed by atoms with van der Waals surface area (Å²) < 4.78 is 26.4. The van der Waals surface area contributed by atoms with Crippen molar-refractivity contribution in [2.75, 3.05) is 17.1 Å². The Labute approximate surface area is 204 Å². The Morgan fingerprint density at radius 3 is 2.21 bits per heavy atom. The molecule has 2 amide bonds. The van der Waals surface area contributed by atoms with E-state index < -0.39 is 34.1 Å². The van der Waals surface area contributed by atoms with Crippen molar-refractivity contribution in [3.63, 3.8) is 0 Å². The summed E-state index contributed by atoms with van der Waals surface area (Å²) in [6.45, 7) is 11.1. The fourth-order valence-corrected chi connectivity index (χ4v) is 4.58. The first kappa shape index (κ1) is 27.4. The fraction of sp³-hybridized carbons (Fsp3) is 0.462. The fourth-order valence-electron chi connectivity index (χ4n) is 3.74. The summed E-state index contributed by atoms with van der Waals surface area (Å²) in [6.07, 6.45) is 1.47. The molecule has 2 rings (SSSR count). The maximum Gasteiger partial charge on any atom is 0.244 e. The van der Waals surface area contributed by atoms with Gasteiger partial charge >= 0.3 is 0 Å². The molecule has 1 atom stereocenters. The number of aryl methyl sites for hydroxylation is 2. The molecule has 2 aromatic carbocycles. The van der Waals surface area contributed by atoms with E-state index >= 15 is 0 Å². The number of carbonyl (C=O) groups is 2. The van der Waals surface area contributed by atoms with Gasteiger partial charge in [-0.3, -0.25) is 13.9 Å². The summed E-state index contributed by atoms with van der Waals surface area (Å²) in [5.74, 6) is -0.704. The third-order valence-corrected chi connectivity index (χ3v) is 6.60. The first-order chi connectivity index (χ1) is 15.7. The van der Waals surface area contributed by atoms with Crippen molar-refractivity contribution in [2.45, 2.75) is 66.1 Å². The highest BCUT2D eigenvalue weighted by molar-refractivity contribution is 7.92. The van der Waals surface area contributed by atoms with Gasteiger partial charge in [0, 0.05) is 12.1 Å². The number of amides is 2. The summed E-state index contributed by atoms with van der Waals surface area (Å²) in [4.78, 5) is 28.4. The molecule has 1 N–H and O–H groups in total. The van der Waals surface area contributed by atoms with Crippen LogP contribution in [0.3, 0.4) is 0 Å². The average Bonchev–Trinajstić information content (AvgIpc) is 2.70. The van der Waals surface area contributed by atoms with Gasteiger partial charge in [0.2, 0.25) is 21.8 Å². The molecule has 186 valence electrons.